The Hall–Kier alpha value is -1.52. The lowest BCUT2D eigenvalue weighted by atomic mass is 10.2. The first-order valence-electron chi connectivity index (χ1n) is 6.91. The summed E-state index contributed by atoms with van der Waals surface area (Å²) >= 11 is 1.73. The molecule has 0 aromatic heterocycles. The van der Waals surface area contributed by atoms with Gasteiger partial charge in [-0.15, -0.1) is 24.9 Å². The highest BCUT2D eigenvalue weighted by Gasteiger charge is 2.13. The van der Waals surface area contributed by atoms with E-state index in [-0.39, 0.29) is 5.91 Å². The molecule has 0 atom stereocenters. The lowest BCUT2D eigenvalue weighted by Crippen LogP contribution is -2.39. The molecule has 4 heteroatoms. The summed E-state index contributed by atoms with van der Waals surface area (Å²) in [5.74, 6) is 0.0954. The van der Waals surface area contributed by atoms with Gasteiger partial charge in [-0.3, -0.25) is 9.69 Å². The maximum absolute atomic E-state index is 12.2. The van der Waals surface area contributed by atoms with Gasteiger partial charge >= 0.3 is 0 Å². The summed E-state index contributed by atoms with van der Waals surface area (Å²) in [6.07, 6.45) is 5.54. The van der Waals surface area contributed by atoms with Crippen LogP contribution in [-0.2, 0) is 11.3 Å². The van der Waals surface area contributed by atoms with Crippen molar-refractivity contribution in [3.8, 4) is 0 Å². The van der Waals surface area contributed by atoms with Crippen molar-refractivity contribution in [3.63, 3.8) is 0 Å². The van der Waals surface area contributed by atoms with Gasteiger partial charge in [0, 0.05) is 24.5 Å². The van der Waals surface area contributed by atoms with E-state index in [1.54, 1.807) is 28.8 Å². The largest absolute Gasteiger partial charge is 0.334 e. The molecule has 0 radical (unpaired) electrons. The molecule has 0 saturated heterocycles. The number of amides is 1. The molecule has 0 N–H and O–H groups in total. The number of hydrogen-bond donors (Lipinski definition) is 0. The molecule has 1 aromatic rings. The van der Waals surface area contributed by atoms with Gasteiger partial charge in [-0.2, -0.15) is 0 Å². The van der Waals surface area contributed by atoms with Gasteiger partial charge in [0.25, 0.3) is 0 Å². The monoisotopic (exact) mass is 304 g/mol. The number of benzene rings is 1. The van der Waals surface area contributed by atoms with Gasteiger partial charge in [0.1, 0.15) is 0 Å². The van der Waals surface area contributed by atoms with Gasteiger partial charge < -0.3 is 4.90 Å². The van der Waals surface area contributed by atoms with E-state index < -0.39 is 0 Å². The second kappa shape index (κ2) is 9.42. The Kier molecular flexibility index (Phi) is 7.87. The zero-order valence-corrected chi connectivity index (χ0v) is 13.7. The van der Waals surface area contributed by atoms with Crippen LogP contribution in [0.5, 0.6) is 0 Å². The number of carbonyl (C=O) groups is 1. The maximum atomic E-state index is 12.2. The Morgan fingerprint density at radius 2 is 1.76 bits per heavy atom. The van der Waals surface area contributed by atoms with Crippen LogP contribution in [0.2, 0.25) is 0 Å². The van der Waals surface area contributed by atoms with E-state index in [9.17, 15) is 4.79 Å². The zero-order valence-electron chi connectivity index (χ0n) is 12.9. The third kappa shape index (κ3) is 6.19. The topological polar surface area (TPSA) is 23.6 Å². The molecule has 0 heterocycles. The Labute approximate surface area is 132 Å². The maximum Gasteiger partial charge on any atom is 0.237 e. The van der Waals surface area contributed by atoms with Crippen molar-refractivity contribution in [1.29, 1.82) is 0 Å². The van der Waals surface area contributed by atoms with Crippen molar-refractivity contribution in [3.05, 3.63) is 55.1 Å². The van der Waals surface area contributed by atoms with Gasteiger partial charge in [-0.05, 0) is 31.0 Å². The van der Waals surface area contributed by atoms with Crippen LogP contribution in [0.1, 0.15) is 5.56 Å². The molecule has 0 bridgehead atoms. The summed E-state index contributed by atoms with van der Waals surface area (Å²) in [4.78, 5) is 17.2. The van der Waals surface area contributed by atoms with Crippen LogP contribution in [0.25, 0.3) is 0 Å². The van der Waals surface area contributed by atoms with E-state index in [1.807, 2.05) is 11.9 Å². The second-order valence-electron chi connectivity index (χ2n) is 4.90. The third-order valence-electron chi connectivity index (χ3n) is 3.07. The van der Waals surface area contributed by atoms with Crippen LogP contribution in [-0.4, -0.2) is 48.6 Å². The van der Waals surface area contributed by atoms with Crippen LogP contribution in [0, 0.1) is 0 Å². The van der Waals surface area contributed by atoms with E-state index in [2.05, 4.69) is 43.7 Å². The normalized spacial score (nSPS) is 10.4. The molecule has 1 amide bonds. The van der Waals surface area contributed by atoms with Crippen LogP contribution in [0.3, 0.4) is 0 Å². The number of likely N-dealkylation sites (N-methyl/N-ethyl adjacent to an activating group) is 1. The Balaban J connectivity index is 2.54. The fraction of sp³-hybridized carbons (Fsp3) is 0.353. The second-order valence-corrected chi connectivity index (χ2v) is 5.78. The molecule has 0 unspecified atom stereocenters. The van der Waals surface area contributed by atoms with Crippen molar-refractivity contribution in [2.45, 2.75) is 11.4 Å². The standard InChI is InChI=1S/C17H24N2OS/c1-5-11-19(12-6-2)17(20)14-18(3)13-15-7-9-16(21-4)10-8-15/h5-10H,1-2,11-14H2,3-4H3. The molecular formula is C17H24N2OS. The van der Waals surface area contributed by atoms with Crippen LogP contribution in [0.15, 0.2) is 54.5 Å². The molecule has 1 aromatic carbocycles. The lowest BCUT2D eigenvalue weighted by molar-refractivity contribution is -0.131. The summed E-state index contributed by atoms with van der Waals surface area (Å²) < 4.78 is 0. The predicted molar refractivity (Wildman–Crippen MR) is 91.5 cm³/mol. The van der Waals surface area contributed by atoms with Crippen LogP contribution < -0.4 is 0 Å². The molecule has 0 aliphatic rings. The first-order valence-corrected chi connectivity index (χ1v) is 8.14. The van der Waals surface area contributed by atoms with Gasteiger partial charge in [0.15, 0.2) is 0 Å². The van der Waals surface area contributed by atoms with E-state index in [0.29, 0.717) is 19.6 Å². The highest BCUT2D eigenvalue weighted by atomic mass is 32.2. The molecule has 0 aliphatic heterocycles. The number of nitrogens with zero attached hydrogens (tertiary/aromatic N) is 2. The molecule has 3 nitrogen and oxygen atoms in total. The average Bonchev–Trinajstić information content (AvgIpc) is 2.47. The molecule has 0 aliphatic carbocycles. The van der Waals surface area contributed by atoms with Crippen molar-refractivity contribution < 1.29 is 4.79 Å². The minimum absolute atomic E-state index is 0.0954. The third-order valence-corrected chi connectivity index (χ3v) is 3.81. The Morgan fingerprint density at radius 1 is 1.19 bits per heavy atom. The number of carbonyl (C=O) groups excluding carboxylic acids is 1. The molecule has 1 rings (SSSR count). The highest BCUT2D eigenvalue weighted by molar-refractivity contribution is 7.98. The number of thioether (sulfide) groups is 1. The number of rotatable bonds is 9. The lowest BCUT2D eigenvalue weighted by Gasteiger charge is -2.23. The first-order chi connectivity index (χ1) is 10.1. The van der Waals surface area contributed by atoms with Gasteiger partial charge in [-0.25, -0.2) is 0 Å². The molecule has 0 saturated carbocycles. The van der Waals surface area contributed by atoms with Crippen molar-refractivity contribution in [2.75, 3.05) is 32.9 Å². The molecule has 21 heavy (non-hydrogen) atoms. The van der Waals surface area contributed by atoms with E-state index in [4.69, 9.17) is 0 Å². The van der Waals surface area contributed by atoms with Gasteiger partial charge in [0.05, 0.1) is 6.54 Å². The quantitative estimate of drug-likeness (QED) is 0.517. The predicted octanol–water partition coefficient (Wildman–Crippen LogP) is 3.04. The van der Waals surface area contributed by atoms with E-state index in [0.717, 1.165) is 6.54 Å². The van der Waals surface area contributed by atoms with Gasteiger partial charge in [0.2, 0.25) is 5.91 Å². The van der Waals surface area contributed by atoms with Crippen molar-refractivity contribution in [1.82, 2.24) is 9.80 Å². The smallest absolute Gasteiger partial charge is 0.237 e. The zero-order chi connectivity index (χ0) is 15.7. The Morgan fingerprint density at radius 3 is 2.24 bits per heavy atom. The average molecular weight is 304 g/mol. The SMILES string of the molecule is C=CCN(CC=C)C(=O)CN(C)Cc1ccc(SC)cc1. The fourth-order valence-corrected chi connectivity index (χ4v) is 2.43. The van der Waals surface area contributed by atoms with Crippen molar-refractivity contribution in [2.24, 2.45) is 0 Å². The van der Waals surface area contributed by atoms with E-state index >= 15 is 0 Å². The van der Waals surface area contributed by atoms with Gasteiger partial charge in [-0.1, -0.05) is 24.3 Å². The molecule has 114 valence electrons. The van der Waals surface area contributed by atoms with Crippen LogP contribution in [0.4, 0.5) is 0 Å². The Bertz CT molecular complexity index is 460. The van der Waals surface area contributed by atoms with Crippen molar-refractivity contribution >= 4 is 17.7 Å². The highest BCUT2D eigenvalue weighted by Crippen LogP contribution is 2.15. The first kappa shape index (κ1) is 17.5. The summed E-state index contributed by atoms with van der Waals surface area (Å²) in [6.45, 7) is 9.64. The molecule has 0 fully saturated rings. The minimum Gasteiger partial charge on any atom is -0.334 e. The summed E-state index contributed by atoms with van der Waals surface area (Å²) in [5, 5.41) is 0. The summed E-state index contributed by atoms with van der Waals surface area (Å²) in [7, 11) is 1.96. The fourth-order valence-electron chi connectivity index (χ4n) is 2.02. The minimum atomic E-state index is 0.0954. The van der Waals surface area contributed by atoms with E-state index in [1.165, 1.54) is 10.5 Å². The summed E-state index contributed by atoms with van der Waals surface area (Å²) in [5.41, 5.74) is 1.21. The van der Waals surface area contributed by atoms with Crippen LogP contribution >= 0.6 is 11.8 Å². The molecular weight excluding hydrogens is 280 g/mol. The molecule has 0 spiro atoms. The summed E-state index contributed by atoms with van der Waals surface area (Å²) in [6, 6.07) is 8.44. The number of hydrogen-bond acceptors (Lipinski definition) is 3.